The maximum absolute atomic E-state index is 10.7. The molecule has 0 spiro atoms. The summed E-state index contributed by atoms with van der Waals surface area (Å²) in [5, 5.41) is 8.79. The summed E-state index contributed by atoms with van der Waals surface area (Å²) in [5.41, 5.74) is 3.83. The number of benzene rings is 1. The first-order chi connectivity index (χ1) is 6.16. The molecule has 0 saturated carbocycles. The molecule has 2 nitrogen and oxygen atoms in total. The lowest BCUT2D eigenvalue weighted by Crippen LogP contribution is -1.99. The second-order valence-electron chi connectivity index (χ2n) is 3.35. The summed E-state index contributed by atoms with van der Waals surface area (Å²) in [4.78, 5) is 10.7. The third-order valence-corrected chi connectivity index (χ3v) is 2.28. The van der Waals surface area contributed by atoms with Crippen molar-refractivity contribution in [3.63, 3.8) is 0 Å². The number of rotatable bonds is 1. The Morgan fingerprint density at radius 3 is 2.92 bits per heavy atom. The van der Waals surface area contributed by atoms with Crippen LogP contribution in [-0.4, -0.2) is 11.1 Å². The van der Waals surface area contributed by atoms with E-state index in [2.05, 4.69) is 0 Å². The van der Waals surface area contributed by atoms with Crippen molar-refractivity contribution in [1.29, 1.82) is 0 Å². The zero-order valence-corrected chi connectivity index (χ0v) is 7.37. The molecule has 0 bridgehead atoms. The largest absolute Gasteiger partial charge is 0.478 e. The van der Waals surface area contributed by atoms with Gasteiger partial charge in [0.15, 0.2) is 0 Å². The molecule has 0 aliphatic heterocycles. The van der Waals surface area contributed by atoms with Gasteiger partial charge in [0.2, 0.25) is 0 Å². The number of aliphatic carboxylic acids is 1. The van der Waals surface area contributed by atoms with E-state index < -0.39 is 5.97 Å². The predicted octanol–water partition coefficient (Wildman–Crippen LogP) is 2.02. The Hall–Kier alpha value is -1.57. The van der Waals surface area contributed by atoms with E-state index in [0.717, 1.165) is 11.1 Å². The Kier molecular flexibility index (Phi) is 1.69. The molecule has 1 aromatic rings. The van der Waals surface area contributed by atoms with Gasteiger partial charge in [-0.3, -0.25) is 0 Å². The lowest BCUT2D eigenvalue weighted by molar-refractivity contribution is -0.132. The van der Waals surface area contributed by atoms with Crippen LogP contribution in [0.2, 0.25) is 0 Å². The van der Waals surface area contributed by atoms with Gasteiger partial charge >= 0.3 is 5.97 Å². The Bertz CT molecular complexity index is 403. The van der Waals surface area contributed by atoms with Gasteiger partial charge in [-0.15, -0.1) is 0 Å². The molecule has 1 aliphatic carbocycles. The zero-order chi connectivity index (χ0) is 9.42. The van der Waals surface area contributed by atoms with Gasteiger partial charge in [0.25, 0.3) is 0 Å². The van der Waals surface area contributed by atoms with Crippen molar-refractivity contribution >= 4 is 12.0 Å². The molecule has 2 heteroatoms. The van der Waals surface area contributed by atoms with E-state index in [9.17, 15) is 4.79 Å². The van der Waals surface area contributed by atoms with Crippen LogP contribution in [0.15, 0.2) is 23.8 Å². The van der Waals surface area contributed by atoms with E-state index in [4.69, 9.17) is 5.11 Å². The second kappa shape index (κ2) is 2.73. The highest BCUT2D eigenvalue weighted by atomic mass is 16.4. The van der Waals surface area contributed by atoms with Crippen LogP contribution in [0, 0.1) is 6.92 Å². The molecule has 0 fully saturated rings. The number of carbonyl (C=O) groups is 1. The van der Waals surface area contributed by atoms with Crippen LogP contribution in [0.5, 0.6) is 0 Å². The molecule has 1 aliphatic rings. The molecule has 66 valence electrons. The minimum atomic E-state index is -0.811. The Morgan fingerprint density at radius 2 is 2.23 bits per heavy atom. The second-order valence-corrected chi connectivity index (χ2v) is 3.35. The average molecular weight is 174 g/mol. The first kappa shape index (κ1) is 8.05. The van der Waals surface area contributed by atoms with Crippen LogP contribution in [0.1, 0.15) is 16.7 Å². The van der Waals surface area contributed by atoms with Crippen molar-refractivity contribution in [2.24, 2.45) is 0 Å². The lowest BCUT2D eigenvalue weighted by atomic mass is 10.1. The van der Waals surface area contributed by atoms with Crippen LogP contribution in [0.25, 0.3) is 6.08 Å². The summed E-state index contributed by atoms with van der Waals surface area (Å²) in [7, 11) is 0. The number of carboxylic acid groups (broad SMARTS) is 1. The molecule has 13 heavy (non-hydrogen) atoms. The molecule has 0 aromatic heterocycles. The predicted molar refractivity (Wildman–Crippen MR) is 50.5 cm³/mol. The minimum absolute atomic E-state index is 0.487. The normalized spacial score (nSPS) is 13.8. The van der Waals surface area contributed by atoms with Gasteiger partial charge in [0.1, 0.15) is 0 Å². The molecular weight excluding hydrogens is 164 g/mol. The first-order valence-electron chi connectivity index (χ1n) is 4.20. The summed E-state index contributed by atoms with van der Waals surface area (Å²) < 4.78 is 0. The average Bonchev–Trinajstić information content (AvgIpc) is 2.46. The Labute approximate surface area is 76.5 Å². The summed E-state index contributed by atoms with van der Waals surface area (Å²) in [5.74, 6) is -0.811. The maximum Gasteiger partial charge on any atom is 0.331 e. The molecule has 1 N–H and O–H groups in total. The number of hydrogen-bond donors (Lipinski definition) is 1. The van der Waals surface area contributed by atoms with Gasteiger partial charge in [-0.1, -0.05) is 23.8 Å². The first-order valence-corrected chi connectivity index (χ1v) is 4.20. The fraction of sp³-hybridized carbons (Fsp3) is 0.182. The van der Waals surface area contributed by atoms with E-state index in [1.165, 1.54) is 5.56 Å². The SMILES string of the molecule is Cc1ccc2c(c1)CC(C(=O)O)=C2. The quantitative estimate of drug-likeness (QED) is 0.707. The fourth-order valence-corrected chi connectivity index (χ4v) is 1.61. The molecule has 0 saturated heterocycles. The molecule has 0 atom stereocenters. The Balaban J connectivity index is 2.41. The summed E-state index contributed by atoms with van der Waals surface area (Å²) in [6.07, 6.45) is 2.31. The number of aryl methyl sites for hydroxylation is 1. The highest BCUT2D eigenvalue weighted by molar-refractivity contribution is 5.95. The molecular formula is C11H10O2. The standard InChI is InChI=1S/C11H10O2/c1-7-2-3-8-5-10(11(12)13)6-9(8)4-7/h2-5H,6H2,1H3,(H,12,13). The smallest absolute Gasteiger partial charge is 0.331 e. The van der Waals surface area contributed by atoms with Crippen LogP contribution in [0.3, 0.4) is 0 Å². The summed E-state index contributed by atoms with van der Waals surface area (Å²) >= 11 is 0. The van der Waals surface area contributed by atoms with Gasteiger partial charge < -0.3 is 5.11 Å². The van der Waals surface area contributed by atoms with Gasteiger partial charge in [0.05, 0.1) is 0 Å². The fourth-order valence-electron chi connectivity index (χ4n) is 1.61. The van der Waals surface area contributed by atoms with E-state index in [1.807, 2.05) is 25.1 Å². The van der Waals surface area contributed by atoms with Crippen molar-refractivity contribution in [3.05, 3.63) is 40.5 Å². The molecule has 1 aromatic carbocycles. The van der Waals surface area contributed by atoms with Crippen molar-refractivity contribution in [2.45, 2.75) is 13.3 Å². The number of carboxylic acids is 1. The summed E-state index contributed by atoms with van der Waals surface area (Å²) in [6.45, 7) is 2.01. The third kappa shape index (κ3) is 1.35. The highest BCUT2D eigenvalue weighted by Gasteiger charge is 2.17. The number of fused-ring (bicyclic) bond motifs is 1. The molecule has 0 heterocycles. The number of hydrogen-bond acceptors (Lipinski definition) is 1. The van der Waals surface area contributed by atoms with Crippen LogP contribution in [-0.2, 0) is 11.2 Å². The molecule has 0 radical (unpaired) electrons. The van der Waals surface area contributed by atoms with Crippen molar-refractivity contribution in [2.75, 3.05) is 0 Å². The van der Waals surface area contributed by atoms with Crippen molar-refractivity contribution < 1.29 is 9.90 Å². The van der Waals surface area contributed by atoms with Crippen LogP contribution >= 0.6 is 0 Å². The highest BCUT2D eigenvalue weighted by Crippen LogP contribution is 2.25. The maximum atomic E-state index is 10.7. The third-order valence-electron chi connectivity index (χ3n) is 2.28. The lowest BCUT2D eigenvalue weighted by Gasteiger charge is -1.98. The van der Waals surface area contributed by atoms with Gasteiger partial charge in [-0.2, -0.15) is 0 Å². The van der Waals surface area contributed by atoms with E-state index in [0.29, 0.717) is 12.0 Å². The van der Waals surface area contributed by atoms with Crippen molar-refractivity contribution in [1.82, 2.24) is 0 Å². The van der Waals surface area contributed by atoms with Crippen LogP contribution in [0.4, 0.5) is 0 Å². The Morgan fingerprint density at radius 1 is 1.46 bits per heavy atom. The van der Waals surface area contributed by atoms with Gasteiger partial charge in [-0.05, 0) is 24.1 Å². The van der Waals surface area contributed by atoms with E-state index in [1.54, 1.807) is 6.08 Å². The summed E-state index contributed by atoms with van der Waals surface area (Å²) in [6, 6.07) is 6.02. The molecule has 2 rings (SSSR count). The van der Waals surface area contributed by atoms with Crippen LogP contribution < -0.4 is 0 Å². The van der Waals surface area contributed by atoms with E-state index in [-0.39, 0.29) is 0 Å². The van der Waals surface area contributed by atoms with Crippen molar-refractivity contribution in [3.8, 4) is 0 Å². The van der Waals surface area contributed by atoms with Gasteiger partial charge in [-0.25, -0.2) is 4.79 Å². The topological polar surface area (TPSA) is 37.3 Å². The molecule has 0 amide bonds. The zero-order valence-electron chi connectivity index (χ0n) is 7.37. The van der Waals surface area contributed by atoms with E-state index >= 15 is 0 Å². The molecule has 0 unspecified atom stereocenters. The minimum Gasteiger partial charge on any atom is -0.478 e. The van der Waals surface area contributed by atoms with Gasteiger partial charge in [0, 0.05) is 12.0 Å². The monoisotopic (exact) mass is 174 g/mol.